The van der Waals surface area contributed by atoms with Crippen LogP contribution in [0.2, 0.25) is 0 Å². The highest BCUT2D eigenvalue weighted by Gasteiger charge is 2.12. The van der Waals surface area contributed by atoms with E-state index in [9.17, 15) is 8.78 Å². The topological polar surface area (TPSA) is 63.2 Å². The zero-order valence-corrected chi connectivity index (χ0v) is 12.5. The molecule has 122 valence electrons. The highest BCUT2D eigenvalue weighted by atomic mass is 19.3. The van der Waals surface area contributed by atoms with Crippen molar-refractivity contribution in [2.24, 2.45) is 0 Å². The van der Waals surface area contributed by atoms with Gasteiger partial charge in [0.15, 0.2) is 0 Å². The SMILES string of the molecule is FC(F)c1cnc(NCc2ccc(N3CCOCC3)nc2)nc1. The number of aromatic nitrogens is 3. The third-order valence-electron chi connectivity index (χ3n) is 3.52. The largest absolute Gasteiger partial charge is 0.378 e. The van der Waals surface area contributed by atoms with Crippen molar-refractivity contribution in [3.8, 4) is 0 Å². The first kappa shape index (κ1) is 15.5. The zero-order valence-electron chi connectivity index (χ0n) is 12.5. The Labute approximate surface area is 132 Å². The number of rotatable bonds is 5. The molecule has 3 heterocycles. The maximum atomic E-state index is 12.4. The van der Waals surface area contributed by atoms with Gasteiger partial charge in [-0.1, -0.05) is 6.07 Å². The molecule has 2 aromatic rings. The summed E-state index contributed by atoms with van der Waals surface area (Å²) in [5.74, 6) is 1.24. The molecule has 1 fully saturated rings. The molecule has 1 N–H and O–H groups in total. The summed E-state index contributed by atoms with van der Waals surface area (Å²) in [6.07, 6.45) is 1.48. The van der Waals surface area contributed by atoms with E-state index in [1.807, 2.05) is 12.1 Å². The van der Waals surface area contributed by atoms with Crippen molar-refractivity contribution in [1.82, 2.24) is 15.0 Å². The summed E-state index contributed by atoms with van der Waals surface area (Å²) >= 11 is 0. The maximum Gasteiger partial charge on any atom is 0.266 e. The molecule has 1 aliphatic heterocycles. The molecule has 0 atom stereocenters. The minimum atomic E-state index is -2.55. The molecule has 1 aliphatic rings. The molecule has 6 nitrogen and oxygen atoms in total. The van der Waals surface area contributed by atoms with E-state index in [0.717, 1.165) is 50.1 Å². The van der Waals surface area contributed by atoms with Crippen LogP contribution in [0, 0.1) is 0 Å². The molecule has 0 radical (unpaired) electrons. The Hall–Kier alpha value is -2.35. The predicted octanol–water partition coefficient (Wildman–Crippen LogP) is 2.26. The van der Waals surface area contributed by atoms with Gasteiger partial charge in [-0.15, -0.1) is 0 Å². The second kappa shape index (κ2) is 7.28. The molecule has 23 heavy (non-hydrogen) atoms. The number of alkyl halides is 2. The predicted molar refractivity (Wildman–Crippen MR) is 81.6 cm³/mol. The van der Waals surface area contributed by atoms with Crippen LogP contribution in [0.25, 0.3) is 0 Å². The number of anilines is 2. The van der Waals surface area contributed by atoms with Crippen LogP contribution >= 0.6 is 0 Å². The van der Waals surface area contributed by atoms with E-state index in [1.54, 1.807) is 6.20 Å². The first-order valence-electron chi connectivity index (χ1n) is 7.34. The zero-order chi connectivity index (χ0) is 16.1. The standard InChI is InChI=1S/C15H17F2N5O/c16-14(17)12-9-20-15(21-10-12)19-8-11-1-2-13(18-7-11)22-3-5-23-6-4-22/h1-2,7,9-10,14H,3-6,8H2,(H,19,20,21). The van der Waals surface area contributed by atoms with Crippen LogP contribution in [0.5, 0.6) is 0 Å². The quantitative estimate of drug-likeness (QED) is 0.911. The second-order valence-corrected chi connectivity index (χ2v) is 5.12. The van der Waals surface area contributed by atoms with E-state index in [4.69, 9.17) is 4.74 Å². The second-order valence-electron chi connectivity index (χ2n) is 5.12. The minimum absolute atomic E-state index is 0.188. The van der Waals surface area contributed by atoms with Crippen LogP contribution in [0.4, 0.5) is 20.5 Å². The van der Waals surface area contributed by atoms with Crippen LogP contribution in [0.3, 0.4) is 0 Å². The summed E-state index contributed by atoms with van der Waals surface area (Å²) in [5.41, 5.74) is 0.774. The van der Waals surface area contributed by atoms with Crippen LogP contribution < -0.4 is 10.2 Å². The van der Waals surface area contributed by atoms with Gasteiger partial charge in [-0.05, 0) is 11.6 Å². The lowest BCUT2D eigenvalue weighted by Crippen LogP contribution is -2.36. The molecule has 0 amide bonds. The number of pyridine rings is 1. The molecule has 1 saturated heterocycles. The minimum Gasteiger partial charge on any atom is -0.378 e. The number of nitrogens with one attached hydrogen (secondary N) is 1. The Balaban J connectivity index is 1.55. The fourth-order valence-electron chi connectivity index (χ4n) is 2.22. The van der Waals surface area contributed by atoms with Crippen molar-refractivity contribution in [2.75, 3.05) is 36.5 Å². The van der Waals surface area contributed by atoms with Gasteiger partial charge in [0.1, 0.15) is 5.82 Å². The van der Waals surface area contributed by atoms with Crippen molar-refractivity contribution in [2.45, 2.75) is 13.0 Å². The van der Waals surface area contributed by atoms with Crippen molar-refractivity contribution in [3.63, 3.8) is 0 Å². The lowest BCUT2D eigenvalue weighted by Gasteiger charge is -2.27. The first-order chi connectivity index (χ1) is 11.2. The van der Waals surface area contributed by atoms with Gasteiger partial charge >= 0.3 is 0 Å². The number of ether oxygens (including phenoxy) is 1. The molecule has 0 aromatic carbocycles. The number of halogens is 2. The van der Waals surface area contributed by atoms with Gasteiger partial charge in [0.25, 0.3) is 6.43 Å². The van der Waals surface area contributed by atoms with E-state index in [0.29, 0.717) is 12.5 Å². The van der Waals surface area contributed by atoms with Crippen molar-refractivity contribution < 1.29 is 13.5 Å². The van der Waals surface area contributed by atoms with Crippen molar-refractivity contribution >= 4 is 11.8 Å². The highest BCUT2D eigenvalue weighted by Crippen LogP contribution is 2.17. The van der Waals surface area contributed by atoms with Crippen LogP contribution in [0.1, 0.15) is 17.6 Å². The van der Waals surface area contributed by atoms with Gasteiger partial charge in [-0.25, -0.2) is 23.7 Å². The van der Waals surface area contributed by atoms with Crippen LogP contribution in [-0.4, -0.2) is 41.3 Å². The number of nitrogens with zero attached hydrogens (tertiary/aromatic N) is 4. The Morgan fingerprint density at radius 2 is 1.83 bits per heavy atom. The lowest BCUT2D eigenvalue weighted by molar-refractivity contribution is 0.122. The Morgan fingerprint density at radius 1 is 1.09 bits per heavy atom. The van der Waals surface area contributed by atoms with E-state index in [1.165, 1.54) is 0 Å². The summed E-state index contributed by atoms with van der Waals surface area (Å²) < 4.78 is 30.2. The van der Waals surface area contributed by atoms with Crippen molar-refractivity contribution in [1.29, 1.82) is 0 Å². The van der Waals surface area contributed by atoms with Gasteiger partial charge in [0.2, 0.25) is 5.95 Å². The van der Waals surface area contributed by atoms with Crippen LogP contribution in [0.15, 0.2) is 30.7 Å². The van der Waals surface area contributed by atoms with Gasteiger partial charge < -0.3 is 15.0 Å². The Bertz CT molecular complexity index is 615. The van der Waals surface area contributed by atoms with E-state index >= 15 is 0 Å². The van der Waals surface area contributed by atoms with Gasteiger partial charge in [-0.2, -0.15) is 0 Å². The summed E-state index contributed by atoms with van der Waals surface area (Å²) in [4.78, 5) is 14.3. The number of morpholine rings is 1. The summed E-state index contributed by atoms with van der Waals surface area (Å²) in [7, 11) is 0. The molecule has 2 aromatic heterocycles. The molecule has 0 saturated carbocycles. The molecule has 3 rings (SSSR count). The molecular weight excluding hydrogens is 304 g/mol. The monoisotopic (exact) mass is 321 g/mol. The summed E-state index contributed by atoms with van der Waals surface area (Å²) in [5, 5.41) is 2.99. The van der Waals surface area contributed by atoms with Gasteiger partial charge in [0.05, 0.1) is 18.8 Å². The molecule has 0 aliphatic carbocycles. The van der Waals surface area contributed by atoms with Gasteiger partial charge in [-0.3, -0.25) is 0 Å². The lowest BCUT2D eigenvalue weighted by atomic mass is 10.2. The van der Waals surface area contributed by atoms with Crippen LogP contribution in [-0.2, 0) is 11.3 Å². The molecular formula is C15H17F2N5O. The highest BCUT2D eigenvalue weighted by molar-refractivity contribution is 5.40. The fraction of sp³-hybridized carbons (Fsp3) is 0.400. The molecule has 0 spiro atoms. The third kappa shape index (κ3) is 4.10. The maximum absolute atomic E-state index is 12.4. The first-order valence-corrected chi connectivity index (χ1v) is 7.34. The Morgan fingerprint density at radius 3 is 2.43 bits per heavy atom. The molecule has 0 bridgehead atoms. The summed E-state index contributed by atoms with van der Waals surface area (Å²) in [6.45, 7) is 3.60. The fourth-order valence-corrected chi connectivity index (χ4v) is 2.22. The van der Waals surface area contributed by atoms with E-state index in [2.05, 4.69) is 25.2 Å². The number of hydrogen-bond acceptors (Lipinski definition) is 6. The normalized spacial score (nSPS) is 15.0. The molecule has 0 unspecified atom stereocenters. The third-order valence-corrected chi connectivity index (χ3v) is 3.52. The number of hydrogen-bond donors (Lipinski definition) is 1. The average molecular weight is 321 g/mol. The van der Waals surface area contributed by atoms with Crippen molar-refractivity contribution in [3.05, 3.63) is 41.9 Å². The molecule has 8 heteroatoms. The average Bonchev–Trinajstić information content (AvgIpc) is 2.61. The van der Waals surface area contributed by atoms with E-state index < -0.39 is 6.43 Å². The van der Waals surface area contributed by atoms with E-state index in [-0.39, 0.29) is 5.56 Å². The Kier molecular flexibility index (Phi) is 4.92. The van der Waals surface area contributed by atoms with Gasteiger partial charge in [0, 0.05) is 38.2 Å². The summed E-state index contributed by atoms with van der Waals surface area (Å²) in [6, 6.07) is 3.93. The smallest absolute Gasteiger partial charge is 0.266 e.